The van der Waals surface area contributed by atoms with E-state index in [1.807, 2.05) is 22.1 Å². The molecule has 1 aliphatic rings. The summed E-state index contributed by atoms with van der Waals surface area (Å²) in [4.78, 5) is 7.97. The van der Waals surface area contributed by atoms with E-state index in [-0.39, 0.29) is 30.3 Å². The quantitative estimate of drug-likeness (QED) is 0.177. The molecule has 0 bridgehead atoms. The highest BCUT2D eigenvalue weighted by Gasteiger charge is 2.31. The van der Waals surface area contributed by atoms with E-state index in [0.717, 1.165) is 36.1 Å². The predicted molar refractivity (Wildman–Crippen MR) is 164 cm³/mol. The molecule has 0 amide bonds. The fraction of sp³-hybridized carbons (Fsp3) is 0.414. The van der Waals surface area contributed by atoms with Crippen LogP contribution in [0, 0.1) is 29.9 Å². The average Bonchev–Trinajstić information content (AvgIpc) is 3.58. The van der Waals surface area contributed by atoms with Gasteiger partial charge in [0.05, 0.1) is 24.7 Å². The molecule has 238 valence electrons. The molecule has 16 heteroatoms. The second-order valence-corrected chi connectivity index (χ2v) is 19.3. The Balaban J connectivity index is 1.38. The first-order valence-corrected chi connectivity index (χ1v) is 19.5. The Labute approximate surface area is 261 Å². The van der Waals surface area contributed by atoms with Crippen LogP contribution in [0.5, 0.6) is 5.88 Å². The standard InChI is InChI=1S/C29H34F2N8O4SSi/c1-18-35-36-28(39(18)17-43-10-11-45(3,4)5)27-23-9-6-20(15-38(23)16-34-27)25-21(30)7-8-22(26(25)31)37-44(40,41)24-12-19(13-32)14-33-29(24)42-2/h7-8,12,14,16,20,37H,6,9-11,15,17H2,1-5H3. The zero-order chi connectivity index (χ0) is 32.5. The maximum absolute atomic E-state index is 15.9. The molecule has 0 radical (unpaired) electrons. The van der Waals surface area contributed by atoms with Gasteiger partial charge in [-0.2, -0.15) is 5.26 Å². The second-order valence-electron chi connectivity index (χ2n) is 12.0. The van der Waals surface area contributed by atoms with Gasteiger partial charge >= 0.3 is 0 Å². The first kappa shape index (κ1) is 32.2. The Morgan fingerprint density at radius 3 is 2.69 bits per heavy atom. The third-order valence-electron chi connectivity index (χ3n) is 7.67. The van der Waals surface area contributed by atoms with Gasteiger partial charge in [-0.1, -0.05) is 19.6 Å². The van der Waals surface area contributed by atoms with Crippen LogP contribution in [-0.2, 0) is 34.5 Å². The topological polar surface area (TPSA) is 150 Å². The van der Waals surface area contributed by atoms with Crippen molar-refractivity contribution >= 4 is 23.8 Å². The van der Waals surface area contributed by atoms with Gasteiger partial charge in [-0.05, 0) is 44.0 Å². The Bertz CT molecular complexity index is 1880. The number of ether oxygens (including phenoxy) is 2. The molecule has 4 heterocycles. The first-order valence-electron chi connectivity index (χ1n) is 14.3. The molecule has 0 saturated carbocycles. The molecule has 0 aliphatic carbocycles. The van der Waals surface area contributed by atoms with Crippen molar-refractivity contribution in [2.75, 3.05) is 18.4 Å². The molecule has 45 heavy (non-hydrogen) atoms. The van der Waals surface area contributed by atoms with E-state index in [1.54, 1.807) is 6.33 Å². The summed E-state index contributed by atoms with van der Waals surface area (Å²) in [5.41, 5.74) is 0.786. The summed E-state index contributed by atoms with van der Waals surface area (Å²) in [5.74, 6) is -1.45. The van der Waals surface area contributed by atoms with Crippen molar-refractivity contribution < 1.29 is 26.7 Å². The third kappa shape index (κ3) is 6.75. The monoisotopic (exact) mass is 656 g/mol. The number of nitrogens with one attached hydrogen (secondary N) is 1. The number of pyridine rings is 1. The highest BCUT2D eigenvalue weighted by atomic mass is 32.2. The Kier molecular flexibility index (Phi) is 9.06. The number of fused-ring (bicyclic) bond motifs is 1. The maximum atomic E-state index is 15.9. The number of aryl methyl sites for hydroxylation is 1. The van der Waals surface area contributed by atoms with Gasteiger partial charge in [0, 0.05) is 44.6 Å². The number of sulfonamides is 1. The molecular weight excluding hydrogens is 623 g/mol. The van der Waals surface area contributed by atoms with Gasteiger partial charge in [0.1, 0.15) is 30.1 Å². The van der Waals surface area contributed by atoms with Gasteiger partial charge in [-0.15, -0.1) is 10.2 Å². The molecule has 1 aromatic carbocycles. The Morgan fingerprint density at radius 1 is 1.20 bits per heavy atom. The number of aromatic nitrogens is 6. The molecule has 0 fully saturated rings. The molecule has 5 rings (SSSR count). The summed E-state index contributed by atoms with van der Waals surface area (Å²) in [7, 11) is -4.48. The van der Waals surface area contributed by atoms with Crippen molar-refractivity contribution in [3.63, 3.8) is 0 Å². The van der Waals surface area contributed by atoms with Crippen molar-refractivity contribution in [2.24, 2.45) is 0 Å². The van der Waals surface area contributed by atoms with Crippen LogP contribution >= 0.6 is 0 Å². The highest BCUT2D eigenvalue weighted by molar-refractivity contribution is 7.92. The number of halogens is 2. The van der Waals surface area contributed by atoms with Gasteiger partial charge in [0.15, 0.2) is 16.5 Å². The molecule has 1 aliphatic heterocycles. The lowest BCUT2D eigenvalue weighted by Crippen LogP contribution is -2.22. The number of hydrogen-bond donors (Lipinski definition) is 1. The molecule has 0 spiro atoms. The minimum absolute atomic E-state index is 0.0304. The molecule has 1 unspecified atom stereocenters. The van der Waals surface area contributed by atoms with E-state index in [4.69, 9.17) is 9.47 Å². The second kappa shape index (κ2) is 12.7. The largest absolute Gasteiger partial charge is 0.480 e. The average molecular weight is 657 g/mol. The lowest BCUT2D eigenvalue weighted by atomic mass is 9.89. The maximum Gasteiger partial charge on any atom is 0.267 e. The van der Waals surface area contributed by atoms with Crippen LogP contribution < -0.4 is 9.46 Å². The summed E-state index contributed by atoms with van der Waals surface area (Å²) in [5, 5.41) is 17.8. The van der Waals surface area contributed by atoms with E-state index < -0.39 is 46.2 Å². The SMILES string of the molecule is COc1ncc(C#N)cc1S(=O)(=O)Nc1ccc(F)c(C2CCc3c(-c4nnc(C)n4COCC[Si](C)(C)C)ncn3C2)c1F. The first-order chi connectivity index (χ1) is 21.3. The van der Waals surface area contributed by atoms with Crippen molar-refractivity contribution in [1.29, 1.82) is 5.26 Å². The fourth-order valence-corrected chi connectivity index (χ4v) is 7.16. The van der Waals surface area contributed by atoms with Crippen LogP contribution in [0.4, 0.5) is 14.5 Å². The van der Waals surface area contributed by atoms with Crippen molar-refractivity contribution in [1.82, 2.24) is 29.3 Å². The van der Waals surface area contributed by atoms with E-state index >= 15 is 8.78 Å². The minimum atomic E-state index is -4.46. The van der Waals surface area contributed by atoms with Crippen LogP contribution in [0.15, 0.2) is 35.6 Å². The normalized spacial score (nSPS) is 15.0. The summed E-state index contributed by atoms with van der Waals surface area (Å²) in [6.07, 6.45) is 3.59. The lowest BCUT2D eigenvalue weighted by molar-refractivity contribution is 0.0866. The summed E-state index contributed by atoms with van der Waals surface area (Å²) in [6, 6.07) is 5.95. The molecule has 3 aromatic heterocycles. The number of imidazole rings is 1. The summed E-state index contributed by atoms with van der Waals surface area (Å²) < 4.78 is 74.3. The van der Waals surface area contributed by atoms with Gasteiger partial charge in [-0.3, -0.25) is 9.29 Å². The van der Waals surface area contributed by atoms with E-state index in [9.17, 15) is 13.7 Å². The van der Waals surface area contributed by atoms with E-state index in [0.29, 0.717) is 36.8 Å². The number of hydrogen-bond acceptors (Lipinski definition) is 9. The van der Waals surface area contributed by atoms with Gasteiger partial charge in [-0.25, -0.2) is 27.2 Å². The summed E-state index contributed by atoms with van der Waals surface area (Å²) >= 11 is 0. The van der Waals surface area contributed by atoms with Crippen LogP contribution in [0.25, 0.3) is 11.5 Å². The molecule has 1 atom stereocenters. The number of nitrogens with zero attached hydrogens (tertiary/aromatic N) is 7. The highest BCUT2D eigenvalue weighted by Crippen LogP contribution is 2.38. The predicted octanol–water partition coefficient (Wildman–Crippen LogP) is 4.85. The van der Waals surface area contributed by atoms with E-state index in [2.05, 4.69) is 44.5 Å². The molecule has 12 nitrogen and oxygen atoms in total. The number of benzene rings is 1. The molecule has 4 aromatic rings. The van der Waals surface area contributed by atoms with Crippen LogP contribution in [0.2, 0.25) is 25.7 Å². The molecule has 0 saturated heterocycles. The van der Waals surface area contributed by atoms with Crippen molar-refractivity contribution in [2.45, 2.75) is 69.5 Å². The zero-order valence-electron chi connectivity index (χ0n) is 25.6. The van der Waals surface area contributed by atoms with Gasteiger partial charge in [0.25, 0.3) is 10.0 Å². The van der Waals surface area contributed by atoms with Crippen LogP contribution in [0.3, 0.4) is 0 Å². The molecule has 1 N–H and O–H groups in total. The van der Waals surface area contributed by atoms with Crippen molar-refractivity contribution in [3.8, 4) is 23.5 Å². The van der Waals surface area contributed by atoms with E-state index in [1.165, 1.54) is 7.11 Å². The number of nitriles is 1. The lowest BCUT2D eigenvalue weighted by Gasteiger charge is -2.26. The van der Waals surface area contributed by atoms with Gasteiger partial charge < -0.3 is 14.0 Å². The number of anilines is 1. The number of methoxy groups -OCH3 is 1. The van der Waals surface area contributed by atoms with Crippen molar-refractivity contribution in [3.05, 3.63) is 65.0 Å². The Morgan fingerprint density at radius 2 is 1.98 bits per heavy atom. The van der Waals surface area contributed by atoms with Crippen LogP contribution in [0.1, 0.15) is 35.0 Å². The number of rotatable bonds is 11. The smallest absolute Gasteiger partial charge is 0.267 e. The zero-order valence-corrected chi connectivity index (χ0v) is 27.5. The summed E-state index contributed by atoms with van der Waals surface area (Å²) in [6.45, 7) is 9.84. The third-order valence-corrected chi connectivity index (χ3v) is 10.7. The molecular formula is C29H34F2N8O4SSi. The fourth-order valence-electron chi connectivity index (χ4n) is 5.20. The minimum Gasteiger partial charge on any atom is -0.480 e. The van der Waals surface area contributed by atoms with Crippen LogP contribution in [-0.4, -0.2) is 59.5 Å². The Hall–Kier alpha value is -4.20. The van der Waals surface area contributed by atoms with Gasteiger partial charge in [0.2, 0.25) is 5.88 Å².